The van der Waals surface area contributed by atoms with Gasteiger partial charge < -0.3 is 0 Å². The Morgan fingerprint density at radius 3 is 2.18 bits per heavy atom. The van der Waals surface area contributed by atoms with E-state index in [0.717, 1.165) is 16.7 Å². The number of rotatable bonds is 1. The van der Waals surface area contributed by atoms with E-state index in [1.165, 1.54) is 47.6 Å². The number of thiophene rings is 1. The summed E-state index contributed by atoms with van der Waals surface area (Å²) >= 11 is 1.86. The first-order valence-electron chi connectivity index (χ1n) is 11.7. The lowest BCUT2D eigenvalue weighted by molar-refractivity contribution is 0.593. The van der Waals surface area contributed by atoms with E-state index in [2.05, 4.69) is 116 Å². The van der Waals surface area contributed by atoms with Crippen molar-refractivity contribution in [1.29, 1.82) is 0 Å². The molecule has 0 aliphatic carbocycles. The highest BCUT2D eigenvalue weighted by Gasteiger charge is 2.20. The number of benzene rings is 4. The minimum Gasteiger partial charge on any atom is -0.299 e. The van der Waals surface area contributed by atoms with Gasteiger partial charge >= 0.3 is 0 Å². The van der Waals surface area contributed by atoms with Crippen LogP contribution in [0.25, 0.3) is 58.8 Å². The van der Waals surface area contributed by atoms with Gasteiger partial charge in [0.1, 0.15) is 5.65 Å². The number of hydrogen-bond donors (Lipinski definition) is 0. The summed E-state index contributed by atoms with van der Waals surface area (Å²) in [5, 5.41) is 5.16. The fourth-order valence-corrected chi connectivity index (χ4v) is 6.29. The fourth-order valence-electron chi connectivity index (χ4n) is 5.21. The van der Waals surface area contributed by atoms with Gasteiger partial charge in [0.2, 0.25) is 0 Å². The first-order chi connectivity index (χ1) is 16.5. The Bertz CT molecular complexity index is 1900. The minimum absolute atomic E-state index is 0.0348. The Labute approximate surface area is 202 Å². The van der Waals surface area contributed by atoms with Crippen molar-refractivity contribution in [2.75, 3.05) is 0 Å². The van der Waals surface area contributed by atoms with Crippen molar-refractivity contribution in [2.45, 2.75) is 26.2 Å². The molecule has 0 bridgehead atoms. The van der Waals surface area contributed by atoms with Crippen LogP contribution in [-0.2, 0) is 5.41 Å². The number of pyridine rings is 1. The second-order valence-corrected chi connectivity index (χ2v) is 11.2. The molecule has 0 spiro atoms. The molecule has 3 heteroatoms. The van der Waals surface area contributed by atoms with Crippen molar-refractivity contribution in [1.82, 2.24) is 9.38 Å². The largest absolute Gasteiger partial charge is 0.299 e. The number of imidazole rings is 1. The third-order valence-corrected chi connectivity index (χ3v) is 8.08. The molecule has 3 heterocycles. The molecule has 2 nitrogen and oxygen atoms in total. The molecule has 7 aromatic rings. The van der Waals surface area contributed by atoms with Crippen LogP contribution in [0.5, 0.6) is 0 Å². The zero-order valence-corrected chi connectivity index (χ0v) is 20.3. The van der Waals surface area contributed by atoms with Crippen LogP contribution in [0.15, 0.2) is 91.1 Å². The first-order valence-corrected chi connectivity index (χ1v) is 12.5. The van der Waals surface area contributed by atoms with Gasteiger partial charge in [-0.05, 0) is 57.8 Å². The van der Waals surface area contributed by atoms with Gasteiger partial charge in [-0.15, -0.1) is 11.3 Å². The third kappa shape index (κ3) is 2.83. The van der Waals surface area contributed by atoms with Crippen molar-refractivity contribution in [3.63, 3.8) is 0 Å². The van der Waals surface area contributed by atoms with Crippen molar-refractivity contribution < 1.29 is 0 Å². The maximum absolute atomic E-state index is 5.05. The van der Waals surface area contributed by atoms with Gasteiger partial charge in [-0.1, -0.05) is 75.4 Å². The van der Waals surface area contributed by atoms with E-state index in [9.17, 15) is 0 Å². The first kappa shape index (κ1) is 19.7. The number of fused-ring (bicyclic) bond motifs is 8. The van der Waals surface area contributed by atoms with E-state index in [1.807, 2.05) is 11.3 Å². The van der Waals surface area contributed by atoms with Crippen LogP contribution in [0.3, 0.4) is 0 Å². The highest BCUT2D eigenvalue weighted by Crippen LogP contribution is 2.38. The lowest BCUT2D eigenvalue weighted by Gasteiger charge is -2.22. The molecular weight excluding hydrogens is 432 g/mol. The van der Waals surface area contributed by atoms with E-state index in [1.54, 1.807) is 0 Å². The minimum atomic E-state index is 0.0348. The molecule has 164 valence electrons. The zero-order valence-electron chi connectivity index (χ0n) is 19.5. The highest BCUT2D eigenvalue weighted by atomic mass is 32.1. The van der Waals surface area contributed by atoms with E-state index in [-0.39, 0.29) is 5.41 Å². The summed E-state index contributed by atoms with van der Waals surface area (Å²) < 4.78 is 4.97. The van der Waals surface area contributed by atoms with Gasteiger partial charge in [0, 0.05) is 31.8 Å². The molecule has 0 aliphatic rings. The van der Waals surface area contributed by atoms with Crippen molar-refractivity contribution in [2.24, 2.45) is 0 Å². The maximum Gasteiger partial charge on any atom is 0.145 e. The van der Waals surface area contributed by atoms with Crippen LogP contribution in [0, 0.1) is 0 Å². The topological polar surface area (TPSA) is 17.3 Å². The maximum atomic E-state index is 5.05. The van der Waals surface area contributed by atoms with Crippen molar-refractivity contribution in [3.8, 4) is 11.1 Å². The van der Waals surface area contributed by atoms with Crippen molar-refractivity contribution in [3.05, 3.63) is 96.7 Å². The smallest absolute Gasteiger partial charge is 0.145 e. The van der Waals surface area contributed by atoms with Crippen LogP contribution in [0.4, 0.5) is 0 Å². The van der Waals surface area contributed by atoms with Crippen molar-refractivity contribution >= 4 is 59.0 Å². The Morgan fingerprint density at radius 1 is 0.676 bits per heavy atom. The summed E-state index contributed by atoms with van der Waals surface area (Å²) in [5.74, 6) is 0. The lowest BCUT2D eigenvalue weighted by Crippen LogP contribution is -2.13. The number of aromatic nitrogens is 2. The van der Waals surface area contributed by atoms with Gasteiger partial charge in [-0.2, -0.15) is 0 Å². The standard InChI is InChI=1S/C31H24N2S/c1-31(2,3)25-18-33-27-17-20(12-14-26(27)32-30(33)23-10-5-4-8-21(23)25)19-13-15-29-24(16-19)22-9-6-7-11-28(22)34-29/h4-18H,1-3H3. The quantitative estimate of drug-likeness (QED) is 0.241. The lowest BCUT2D eigenvalue weighted by atomic mass is 9.85. The van der Waals surface area contributed by atoms with Crippen LogP contribution in [-0.4, -0.2) is 9.38 Å². The molecule has 0 atom stereocenters. The van der Waals surface area contributed by atoms with Gasteiger partial charge in [-0.25, -0.2) is 4.98 Å². The van der Waals surface area contributed by atoms with E-state index in [4.69, 9.17) is 4.98 Å². The molecule has 0 N–H and O–H groups in total. The molecule has 0 amide bonds. The second kappa shape index (κ2) is 6.91. The van der Waals surface area contributed by atoms with Gasteiger partial charge in [0.15, 0.2) is 0 Å². The summed E-state index contributed by atoms with van der Waals surface area (Å²) in [6.45, 7) is 6.85. The van der Waals surface area contributed by atoms with Gasteiger partial charge in [0.05, 0.1) is 11.0 Å². The Balaban J connectivity index is 1.50. The summed E-state index contributed by atoms with van der Waals surface area (Å²) in [6, 6.07) is 30.9. The summed E-state index contributed by atoms with van der Waals surface area (Å²) in [7, 11) is 0. The molecule has 0 aliphatic heterocycles. The fraction of sp³-hybridized carbons (Fsp3) is 0.129. The third-order valence-electron chi connectivity index (χ3n) is 6.92. The van der Waals surface area contributed by atoms with E-state index >= 15 is 0 Å². The SMILES string of the molecule is CC(C)(C)c1cn2c3cc(-c4ccc5sc6ccccc6c5c4)ccc3nc2c2ccccc12. The Hall–Kier alpha value is -3.69. The normalized spacial score (nSPS) is 12.6. The molecule has 0 unspecified atom stereocenters. The Kier molecular flexibility index (Phi) is 4.01. The second-order valence-electron chi connectivity index (χ2n) is 10.2. The van der Waals surface area contributed by atoms with Crippen LogP contribution < -0.4 is 0 Å². The molecule has 0 radical (unpaired) electrons. The molecule has 34 heavy (non-hydrogen) atoms. The highest BCUT2D eigenvalue weighted by molar-refractivity contribution is 7.25. The number of nitrogens with zero attached hydrogens (tertiary/aromatic N) is 2. The van der Waals surface area contributed by atoms with E-state index < -0.39 is 0 Å². The van der Waals surface area contributed by atoms with E-state index in [0.29, 0.717) is 0 Å². The Morgan fingerprint density at radius 2 is 1.35 bits per heavy atom. The molecule has 0 saturated heterocycles. The molecular formula is C31H24N2S. The molecule has 3 aromatic heterocycles. The number of hydrogen-bond acceptors (Lipinski definition) is 2. The van der Waals surface area contributed by atoms with Crippen LogP contribution >= 0.6 is 11.3 Å². The summed E-state index contributed by atoms with van der Waals surface area (Å²) in [4.78, 5) is 5.05. The summed E-state index contributed by atoms with van der Waals surface area (Å²) in [5.41, 5.74) is 7.04. The molecule has 7 rings (SSSR count). The monoisotopic (exact) mass is 456 g/mol. The van der Waals surface area contributed by atoms with Crippen LogP contribution in [0.1, 0.15) is 26.3 Å². The average Bonchev–Trinajstić information content (AvgIpc) is 3.40. The van der Waals surface area contributed by atoms with Gasteiger partial charge in [0.25, 0.3) is 0 Å². The molecule has 0 saturated carbocycles. The zero-order chi connectivity index (χ0) is 23.0. The predicted octanol–water partition coefficient (Wildman–Crippen LogP) is 8.97. The van der Waals surface area contributed by atoms with Gasteiger partial charge in [-0.3, -0.25) is 4.40 Å². The van der Waals surface area contributed by atoms with Crippen LogP contribution in [0.2, 0.25) is 0 Å². The predicted molar refractivity (Wildman–Crippen MR) is 147 cm³/mol. The molecule has 0 fully saturated rings. The summed E-state index contributed by atoms with van der Waals surface area (Å²) in [6.07, 6.45) is 2.30. The molecule has 4 aromatic carbocycles. The average molecular weight is 457 g/mol.